The zero-order chi connectivity index (χ0) is 18.6. The van der Waals surface area contributed by atoms with Gasteiger partial charge in [-0.3, -0.25) is 4.79 Å². The van der Waals surface area contributed by atoms with Gasteiger partial charge >= 0.3 is 0 Å². The molecule has 1 saturated carbocycles. The van der Waals surface area contributed by atoms with Crippen molar-refractivity contribution in [3.8, 4) is 11.5 Å². The summed E-state index contributed by atoms with van der Waals surface area (Å²) in [6.07, 6.45) is 1.59. The minimum absolute atomic E-state index is 0.0965. The third-order valence-electron chi connectivity index (χ3n) is 5.43. The number of ether oxygens (including phenoxy) is 2. The average Bonchev–Trinajstić information content (AvgIpc) is 3.43. The molecular weight excluding hydrogens is 388 g/mol. The molecule has 1 N–H and O–H groups in total. The number of benzene rings is 1. The first-order valence-corrected chi connectivity index (χ1v) is 11.1. The molecule has 1 aromatic carbocycles. The summed E-state index contributed by atoms with van der Waals surface area (Å²) in [5, 5.41) is 1.74. The van der Waals surface area contributed by atoms with Gasteiger partial charge in [0.15, 0.2) is 11.5 Å². The topological polar surface area (TPSA) is 84.9 Å². The van der Waals surface area contributed by atoms with Gasteiger partial charge in [0.25, 0.3) is 5.91 Å². The molecule has 2 fully saturated rings. The molecular formula is C18H18N2O5S2. The Hall–Kier alpha value is -2.10. The van der Waals surface area contributed by atoms with E-state index in [-0.39, 0.29) is 24.8 Å². The van der Waals surface area contributed by atoms with Gasteiger partial charge in [-0.15, -0.1) is 11.3 Å². The summed E-state index contributed by atoms with van der Waals surface area (Å²) in [6, 6.07) is 8.09. The van der Waals surface area contributed by atoms with E-state index in [1.165, 1.54) is 11.3 Å². The number of thiophene rings is 1. The fraction of sp³-hybridized carbons (Fsp3) is 0.389. The molecule has 1 saturated heterocycles. The highest BCUT2D eigenvalue weighted by atomic mass is 32.2. The third-order valence-corrected chi connectivity index (χ3v) is 8.32. The highest BCUT2D eigenvalue weighted by Crippen LogP contribution is 2.40. The van der Waals surface area contributed by atoms with Crippen molar-refractivity contribution in [1.82, 2.24) is 9.62 Å². The van der Waals surface area contributed by atoms with Crippen molar-refractivity contribution in [1.29, 1.82) is 0 Å². The van der Waals surface area contributed by atoms with Crippen LogP contribution in [0.15, 0.2) is 39.9 Å². The van der Waals surface area contributed by atoms with Crippen LogP contribution in [0, 0.1) is 5.92 Å². The number of fused-ring (bicyclic) bond motifs is 3. The number of likely N-dealkylation sites (tertiary alicyclic amines) is 1. The van der Waals surface area contributed by atoms with Crippen LogP contribution in [0.3, 0.4) is 0 Å². The Kier molecular flexibility index (Phi) is 3.92. The van der Waals surface area contributed by atoms with E-state index in [0.717, 1.165) is 12.8 Å². The van der Waals surface area contributed by atoms with E-state index in [9.17, 15) is 13.2 Å². The lowest BCUT2D eigenvalue weighted by Gasteiger charge is -2.33. The van der Waals surface area contributed by atoms with Gasteiger partial charge < -0.3 is 14.4 Å². The molecule has 3 atom stereocenters. The predicted molar refractivity (Wildman–Crippen MR) is 98.5 cm³/mol. The van der Waals surface area contributed by atoms with Crippen LogP contribution in [0.1, 0.15) is 23.2 Å². The van der Waals surface area contributed by atoms with Gasteiger partial charge in [-0.25, -0.2) is 13.1 Å². The zero-order valence-corrected chi connectivity index (χ0v) is 16.0. The Morgan fingerprint density at radius 1 is 1.19 bits per heavy atom. The van der Waals surface area contributed by atoms with E-state index >= 15 is 0 Å². The lowest BCUT2D eigenvalue weighted by molar-refractivity contribution is 0.0677. The van der Waals surface area contributed by atoms with Crippen LogP contribution in [0.4, 0.5) is 0 Å². The minimum Gasteiger partial charge on any atom is -0.454 e. The number of carbonyl (C=O) groups excluding carboxylic acids is 1. The largest absolute Gasteiger partial charge is 0.454 e. The van der Waals surface area contributed by atoms with Crippen LogP contribution in [-0.4, -0.2) is 44.6 Å². The summed E-state index contributed by atoms with van der Waals surface area (Å²) in [5.41, 5.74) is 0.534. The van der Waals surface area contributed by atoms with Crippen LogP contribution in [0.25, 0.3) is 0 Å². The molecule has 0 radical (unpaired) electrons. The smallest absolute Gasteiger partial charge is 0.254 e. The lowest BCUT2D eigenvalue weighted by Crippen LogP contribution is -2.51. The lowest BCUT2D eigenvalue weighted by atomic mass is 10.0. The molecule has 1 aromatic heterocycles. The van der Waals surface area contributed by atoms with Crippen molar-refractivity contribution in [3.05, 3.63) is 41.3 Å². The second-order valence-electron chi connectivity index (χ2n) is 7.09. The molecule has 2 bridgehead atoms. The number of carbonyl (C=O) groups is 1. The highest BCUT2D eigenvalue weighted by molar-refractivity contribution is 7.91. The Bertz CT molecular complexity index is 989. The Morgan fingerprint density at radius 2 is 2.04 bits per heavy atom. The molecule has 27 heavy (non-hydrogen) atoms. The van der Waals surface area contributed by atoms with E-state index < -0.39 is 10.0 Å². The SMILES string of the molecule is O=C(c1ccc2c(c1)OCO2)N1C[C@@H]2C[C@H](NS(=O)(=O)c3cccs3)[C@H]1C2. The van der Waals surface area contributed by atoms with Gasteiger partial charge in [-0.05, 0) is 48.4 Å². The maximum Gasteiger partial charge on any atom is 0.254 e. The van der Waals surface area contributed by atoms with Crippen LogP contribution >= 0.6 is 11.3 Å². The average molecular weight is 406 g/mol. The summed E-state index contributed by atoms with van der Waals surface area (Å²) in [4.78, 5) is 14.8. The van der Waals surface area contributed by atoms with E-state index in [0.29, 0.717) is 33.7 Å². The van der Waals surface area contributed by atoms with Gasteiger partial charge in [0.1, 0.15) is 4.21 Å². The van der Waals surface area contributed by atoms with Crippen LogP contribution in [-0.2, 0) is 10.0 Å². The Labute approximate surface area is 160 Å². The molecule has 3 aliphatic rings. The van der Waals surface area contributed by atoms with Gasteiger partial charge in [-0.1, -0.05) is 6.07 Å². The monoisotopic (exact) mass is 406 g/mol. The summed E-state index contributed by atoms with van der Waals surface area (Å²) >= 11 is 1.19. The third kappa shape index (κ3) is 2.90. The van der Waals surface area contributed by atoms with Crippen molar-refractivity contribution >= 4 is 27.3 Å². The second-order valence-corrected chi connectivity index (χ2v) is 9.98. The molecule has 0 unspecified atom stereocenters. The number of rotatable bonds is 4. The number of hydrogen-bond acceptors (Lipinski definition) is 6. The molecule has 1 amide bonds. The normalized spacial score (nSPS) is 25.9. The standard InChI is InChI=1S/C18H18N2O5S2/c21-18(12-3-4-15-16(8-12)25-10-24-15)20-9-11-6-13(14(20)7-11)19-27(22,23)17-2-1-5-26-17/h1-5,8,11,13-14,19H,6-7,9-10H2/t11-,13+,14-/m1/s1. The maximum absolute atomic E-state index is 13.0. The van der Waals surface area contributed by atoms with Gasteiger partial charge in [0.2, 0.25) is 16.8 Å². The number of nitrogens with zero attached hydrogens (tertiary/aromatic N) is 1. The first-order chi connectivity index (χ1) is 13.0. The van der Waals surface area contributed by atoms with Gasteiger partial charge in [-0.2, -0.15) is 0 Å². The van der Waals surface area contributed by atoms with Gasteiger partial charge in [0.05, 0.1) is 0 Å². The number of nitrogens with one attached hydrogen (secondary N) is 1. The first-order valence-electron chi connectivity index (χ1n) is 8.78. The quantitative estimate of drug-likeness (QED) is 0.840. The fourth-order valence-electron chi connectivity index (χ4n) is 4.25. The number of piperidine rings is 1. The van der Waals surface area contributed by atoms with Crippen molar-refractivity contribution in [3.63, 3.8) is 0 Å². The summed E-state index contributed by atoms with van der Waals surface area (Å²) < 4.78 is 38.9. The van der Waals surface area contributed by atoms with E-state index in [1.54, 1.807) is 40.6 Å². The summed E-state index contributed by atoms with van der Waals surface area (Å²) in [6.45, 7) is 0.823. The van der Waals surface area contributed by atoms with Crippen molar-refractivity contribution in [2.75, 3.05) is 13.3 Å². The first kappa shape index (κ1) is 17.0. The molecule has 3 heterocycles. The highest BCUT2D eigenvalue weighted by Gasteiger charge is 2.48. The summed E-state index contributed by atoms with van der Waals surface area (Å²) in [5.74, 6) is 1.43. The number of amides is 1. The van der Waals surface area contributed by atoms with Crippen LogP contribution in [0.5, 0.6) is 11.5 Å². The Balaban J connectivity index is 1.35. The second kappa shape index (κ2) is 6.22. The van der Waals surface area contributed by atoms with E-state index in [2.05, 4.69) is 4.72 Å². The van der Waals surface area contributed by atoms with Crippen molar-refractivity contribution in [2.45, 2.75) is 29.1 Å². The predicted octanol–water partition coefficient (Wildman–Crippen LogP) is 2.06. The zero-order valence-electron chi connectivity index (χ0n) is 14.3. The maximum atomic E-state index is 13.0. The molecule has 9 heteroatoms. The molecule has 0 spiro atoms. The number of sulfonamides is 1. The van der Waals surface area contributed by atoms with Gasteiger partial charge in [0, 0.05) is 24.2 Å². The van der Waals surface area contributed by atoms with Crippen LogP contribution < -0.4 is 14.2 Å². The molecule has 7 nitrogen and oxygen atoms in total. The molecule has 2 aliphatic heterocycles. The molecule has 142 valence electrons. The van der Waals surface area contributed by atoms with E-state index in [1.807, 2.05) is 0 Å². The van der Waals surface area contributed by atoms with Crippen LogP contribution in [0.2, 0.25) is 0 Å². The van der Waals surface area contributed by atoms with Crippen molar-refractivity contribution in [2.24, 2.45) is 5.92 Å². The molecule has 1 aliphatic carbocycles. The van der Waals surface area contributed by atoms with Crippen molar-refractivity contribution < 1.29 is 22.7 Å². The number of hydrogen-bond donors (Lipinski definition) is 1. The molecule has 2 aromatic rings. The fourth-order valence-corrected chi connectivity index (χ4v) is 6.55. The minimum atomic E-state index is -3.55. The molecule has 5 rings (SSSR count). The summed E-state index contributed by atoms with van der Waals surface area (Å²) in [7, 11) is -3.55. The Morgan fingerprint density at radius 3 is 2.81 bits per heavy atom. The van der Waals surface area contributed by atoms with E-state index in [4.69, 9.17) is 9.47 Å².